The number of allylic oxidation sites excluding steroid dienone is 1. The lowest BCUT2D eigenvalue weighted by molar-refractivity contribution is 0.151. The van der Waals surface area contributed by atoms with E-state index in [1.165, 1.54) is 121 Å². The fourth-order valence-electron chi connectivity index (χ4n) is 7.86. The molecule has 0 amide bonds. The van der Waals surface area contributed by atoms with Crippen LogP contribution >= 0.6 is 0 Å². The number of ether oxygens (including phenoxy) is 1. The minimum Gasteiger partial charge on any atom is -0.490 e. The lowest BCUT2D eigenvalue weighted by atomic mass is 9.68. The van der Waals surface area contributed by atoms with Crippen molar-refractivity contribution in [3.05, 3.63) is 42.0 Å². The zero-order chi connectivity index (χ0) is 25.0. The SMILES string of the molecule is CCCCCC1CCC(C2CCC(/C=C/COc3ccc(C4CCC(CCC)CC4)cc3)CC2)CC1. The Labute approximate surface area is 223 Å². The summed E-state index contributed by atoms with van der Waals surface area (Å²) in [5, 5.41) is 0. The summed E-state index contributed by atoms with van der Waals surface area (Å²) in [6, 6.07) is 9.05. The molecule has 0 saturated heterocycles. The first-order chi connectivity index (χ1) is 17.7. The van der Waals surface area contributed by atoms with E-state index in [0.29, 0.717) is 6.61 Å². The molecule has 0 atom stereocenters. The Bertz CT molecular complexity index is 724. The molecule has 0 heterocycles. The Morgan fingerprint density at radius 2 is 1.28 bits per heavy atom. The summed E-state index contributed by atoms with van der Waals surface area (Å²) < 4.78 is 6.06. The molecule has 36 heavy (non-hydrogen) atoms. The molecule has 1 heteroatoms. The Kier molecular flexibility index (Phi) is 11.8. The van der Waals surface area contributed by atoms with Crippen molar-refractivity contribution in [2.24, 2.45) is 29.6 Å². The van der Waals surface area contributed by atoms with E-state index in [-0.39, 0.29) is 0 Å². The summed E-state index contributed by atoms with van der Waals surface area (Å²) in [7, 11) is 0. The molecule has 1 aromatic carbocycles. The largest absolute Gasteiger partial charge is 0.490 e. The second-order valence-electron chi connectivity index (χ2n) is 12.8. The van der Waals surface area contributed by atoms with Crippen LogP contribution < -0.4 is 4.74 Å². The molecule has 1 aromatic rings. The summed E-state index contributed by atoms with van der Waals surface area (Å²) in [5.41, 5.74) is 1.52. The van der Waals surface area contributed by atoms with Gasteiger partial charge in [-0.2, -0.15) is 0 Å². The van der Waals surface area contributed by atoms with Crippen molar-refractivity contribution in [3.63, 3.8) is 0 Å². The van der Waals surface area contributed by atoms with Gasteiger partial charge in [0.15, 0.2) is 0 Å². The predicted octanol–water partition coefficient (Wildman–Crippen LogP) is 10.9. The van der Waals surface area contributed by atoms with E-state index in [1.54, 1.807) is 0 Å². The predicted molar refractivity (Wildman–Crippen MR) is 156 cm³/mol. The maximum atomic E-state index is 6.06. The summed E-state index contributed by atoms with van der Waals surface area (Å²) in [6.45, 7) is 5.36. The van der Waals surface area contributed by atoms with Crippen LogP contribution in [0.4, 0.5) is 0 Å². The van der Waals surface area contributed by atoms with Crippen molar-refractivity contribution >= 4 is 0 Å². The minimum absolute atomic E-state index is 0.712. The lowest BCUT2D eigenvalue weighted by Gasteiger charge is -2.37. The molecule has 3 fully saturated rings. The molecule has 3 aliphatic rings. The van der Waals surface area contributed by atoms with Crippen LogP contribution in [0.25, 0.3) is 0 Å². The van der Waals surface area contributed by atoms with E-state index >= 15 is 0 Å². The fourth-order valence-corrected chi connectivity index (χ4v) is 7.86. The van der Waals surface area contributed by atoms with Crippen molar-refractivity contribution in [1.29, 1.82) is 0 Å². The highest BCUT2D eigenvalue weighted by molar-refractivity contribution is 5.30. The molecule has 0 spiro atoms. The maximum absolute atomic E-state index is 6.06. The third-order valence-electron chi connectivity index (χ3n) is 10.2. The Balaban J connectivity index is 1.09. The van der Waals surface area contributed by atoms with Crippen LogP contribution in [0.15, 0.2) is 36.4 Å². The Morgan fingerprint density at radius 1 is 0.667 bits per heavy atom. The highest BCUT2D eigenvalue weighted by Crippen LogP contribution is 2.42. The summed E-state index contributed by atoms with van der Waals surface area (Å²) >= 11 is 0. The number of hydrogen-bond donors (Lipinski definition) is 0. The van der Waals surface area contributed by atoms with Gasteiger partial charge in [-0.1, -0.05) is 89.5 Å². The molecule has 3 saturated carbocycles. The van der Waals surface area contributed by atoms with Gasteiger partial charge in [0.2, 0.25) is 0 Å². The highest BCUT2D eigenvalue weighted by atomic mass is 16.5. The van der Waals surface area contributed by atoms with Gasteiger partial charge in [-0.05, 0) is 117 Å². The van der Waals surface area contributed by atoms with Gasteiger partial charge in [-0.25, -0.2) is 0 Å². The summed E-state index contributed by atoms with van der Waals surface area (Å²) in [6.07, 6.45) is 30.7. The second-order valence-corrected chi connectivity index (χ2v) is 12.8. The number of unbranched alkanes of at least 4 members (excludes halogenated alkanes) is 2. The highest BCUT2D eigenvalue weighted by Gasteiger charge is 2.30. The normalized spacial score (nSPS) is 31.5. The van der Waals surface area contributed by atoms with Crippen molar-refractivity contribution < 1.29 is 4.74 Å². The molecule has 202 valence electrons. The molecular weight excluding hydrogens is 436 g/mol. The third kappa shape index (κ3) is 8.66. The van der Waals surface area contributed by atoms with Crippen molar-refractivity contribution in [2.45, 2.75) is 135 Å². The fraction of sp³-hybridized carbons (Fsp3) is 0.771. The first-order valence-electron chi connectivity index (χ1n) is 16.1. The van der Waals surface area contributed by atoms with E-state index in [0.717, 1.165) is 41.3 Å². The van der Waals surface area contributed by atoms with Crippen LogP contribution in [0.1, 0.15) is 141 Å². The molecule has 3 aliphatic carbocycles. The van der Waals surface area contributed by atoms with Gasteiger partial charge in [0.05, 0.1) is 0 Å². The standard InChI is InChI=1S/C35H56O/c1-3-5-6-9-29-13-19-31(20-14-29)32-21-15-30(16-22-32)10-7-27-36-35-25-23-34(24-26-35)33-17-11-28(8-4-2)12-18-33/h7,10,23-26,28-33H,3-6,8-9,11-22,27H2,1-2H3/b10-7+. The van der Waals surface area contributed by atoms with E-state index in [2.05, 4.69) is 50.3 Å². The van der Waals surface area contributed by atoms with Gasteiger partial charge in [0.1, 0.15) is 12.4 Å². The zero-order valence-electron chi connectivity index (χ0n) is 23.8. The zero-order valence-corrected chi connectivity index (χ0v) is 23.8. The molecule has 1 nitrogen and oxygen atoms in total. The quantitative estimate of drug-likeness (QED) is 0.208. The number of rotatable bonds is 12. The summed E-state index contributed by atoms with van der Waals surface area (Å²) in [4.78, 5) is 0. The lowest BCUT2D eigenvalue weighted by Crippen LogP contribution is -2.25. The van der Waals surface area contributed by atoms with Gasteiger partial charge in [-0.15, -0.1) is 0 Å². The van der Waals surface area contributed by atoms with Crippen LogP contribution in [0.3, 0.4) is 0 Å². The van der Waals surface area contributed by atoms with Crippen LogP contribution in [-0.2, 0) is 0 Å². The molecule has 0 unspecified atom stereocenters. The van der Waals surface area contributed by atoms with E-state index in [1.807, 2.05) is 0 Å². The van der Waals surface area contributed by atoms with Gasteiger partial charge >= 0.3 is 0 Å². The van der Waals surface area contributed by atoms with E-state index in [9.17, 15) is 0 Å². The van der Waals surface area contributed by atoms with Gasteiger partial charge in [0, 0.05) is 0 Å². The first-order valence-corrected chi connectivity index (χ1v) is 16.1. The summed E-state index contributed by atoms with van der Waals surface area (Å²) in [5.74, 6) is 6.66. The third-order valence-corrected chi connectivity index (χ3v) is 10.2. The smallest absolute Gasteiger partial charge is 0.119 e. The molecular formula is C35H56O. The first kappa shape index (κ1) is 27.8. The molecule has 0 aliphatic heterocycles. The van der Waals surface area contributed by atoms with Crippen LogP contribution in [-0.4, -0.2) is 6.61 Å². The number of benzene rings is 1. The Morgan fingerprint density at radius 3 is 1.92 bits per heavy atom. The molecule has 4 rings (SSSR count). The van der Waals surface area contributed by atoms with Crippen molar-refractivity contribution in [1.82, 2.24) is 0 Å². The topological polar surface area (TPSA) is 9.23 Å². The van der Waals surface area contributed by atoms with Gasteiger partial charge in [0.25, 0.3) is 0 Å². The van der Waals surface area contributed by atoms with Gasteiger partial charge in [-0.3, -0.25) is 0 Å². The van der Waals surface area contributed by atoms with E-state index in [4.69, 9.17) is 4.74 Å². The maximum Gasteiger partial charge on any atom is 0.119 e. The van der Waals surface area contributed by atoms with Crippen LogP contribution in [0.5, 0.6) is 5.75 Å². The van der Waals surface area contributed by atoms with Crippen molar-refractivity contribution in [2.75, 3.05) is 6.61 Å². The van der Waals surface area contributed by atoms with Crippen molar-refractivity contribution in [3.8, 4) is 5.75 Å². The monoisotopic (exact) mass is 492 g/mol. The molecule has 0 radical (unpaired) electrons. The average Bonchev–Trinajstić information content (AvgIpc) is 2.93. The molecule has 0 aromatic heterocycles. The Hall–Kier alpha value is -1.24. The second kappa shape index (κ2) is 15.2. The van der Waals surface area contributed by atoms with E-state index < -0.39 is 0 Å². The number of hydrogen-bond acceptors (Lipinski definition) is 1. The minimum atomic E-state index is 0.712. The van der Waals surface area contributed by atoms with Crippen LogP contribution in [0.2, 0.25) is 0 Å². The van der Waals surface area contributed by atoms with Crippen LogP contribution in [0, 0.1) is 29.6 Å². The molecule has 0 bridgehead atoms. The average molecular weight is 493 g/mol. The van der Waals surface area contributed by atoms with Gasteiger partial charge < -0.3 is 4.74 Å². The molecule has 0 N–H and O–H groups in total.